The molecule has 0 radical (unpaired) electrons. The van der Waals surface area contributed by atoms with Crippen LogP contribution in [0.4, 0.5) is 0 Å². The minimum absolute atomic E-state index is 0.0231. The minimum Gasteiger partial charge on any atom is -0.411 e. The van der Waals surface area contributed by atoms with Crippen LogP contribution < -0.4 is 0 Å². The number of pyridine rings is 1. The zero-order chi connectivity index (χ0) is 19.4. The number of carbonyl (C=O) groups is 1. The lowest BCUT2D eigenvalue weighted by Crippen LogP contribution is -2.47. The van der Waals surface area contributed by atoms with Crippen LogP contribution in [0.1, 0.15) is 26.7 Å². The van der Waals surface area contributed by atoms with Crippen molar-refractivity contribution in [3.8, 4) is 11.5 Å². The van der Waals surface area contributed by atoms with Crippen LogP contribution in [-0.2, 0) is 14.6 Å². The second kappa shape index (κ2) is 8.39. The first-order chi connectivity index (χ1) is 12.9. The van der Waals surface area contributed by atoms with Gasteiger partial charge in [-0.3, -0.25) is 9.78 Å². The number of thioether (sulfide) groups is 1. The third-order valence-electron chi connectivity index (χ3n) is 4.59. The maximum atomic E-state index is 12.8. The first-order valence-electron chi connectivity index (χ1n) is 8.78. The molecule has 2 atom stereocenters. The van der Waals surface area contributed by atoms with E-state index in [0.717, 1.165) is 18.2 Å². The Bertz CT molecular complexity index is 885. The van der Waals surface area contributed by atoms with Crippen LogP contribution >= 0.6 is 11.8 Å². The summed E-state index contributed by atoms with van der Waals surface area (Å²) in [6.45, 7) is 3.93. The molecule has 3 rings (SSSR count). The van der Waals surface area contributed by atoms with E-state index >= 15 is 0 Å². The summed E-state index contributed by atoms with van der Waals surface area (Å²) in [5.41, 5.74) is 0.709. The van der Waals surface area contributed by atoms with E-state index < -0.39 is 9.84 Å². The van der Waals surface area contributed by atoms with Crippen molar-refractivity contribution >= 4 is 27.5 Å². The monoisotopic (exact) mass is 410 g/mol. The van der Waals surface area contributed by atoms with Crippen molar-refractivity contribution in [2.45, 2.75) is 44.0 Å². The molecule has 8 nitrogen and oxygen atoms in total. The number of nitrogens with zero attached hydrogens (tertiary/aromatic N) is 4. The third-order valence-corrected chi connectivity index (χ3v) is 7.14. The molecule has 1 amide bonds. The molecule has 146 valence electrons. The second-order valence-electron chi connectivity index (χ2n) is 6.52. The van der Waals surface area contributed by atoms with Gasteiger partial charge in [-0.2, -0.15) is 0 Å². The Kier molecular flexibility index (Phi) is 6.15. The van der Waals surface area contributed by atoms with E-state index in [1.54, 1.807) is 23.4 Å². The van der Waals surface area contributed by atoms with Crippen molar-refractivity contribution in [1.29, 1.82) is 0 Å². The molecule has 27 heavy (non-hydrogen) atoms. The van der Waals surface area contributed by atoms with Gasteiger partial charge in [-0.25, -0.2) is 8.42 Å². The molecule has 2 aromatic heterocycles. The summed E-state index contributed by atoms with van der Waals surface area (Å²) in [6.07, 6.45) is 4.53. The Hall–Kier alpha value is -1.94. The Morgan fingerprint density at radius 1 is 1.44 bits per heavy atom. The highest BCUT2D eigenvalue weighted by molar-refractivity contribution is 7.99. The van der Waals surface area contributed by atoms with E-state index in [1.165, 1.54) is 0 Å². The number of rotatable bonds is 7. The molecule has 10 heteroatoms. The third kappa shape index (κ3) is 4.86. The van der Waals surface area contributed by atoms with E-state index in [9.17, 15) is 13.2 Å². The fraction of sp³-hybridized carbons (Fsp3) is 0.529. The normalized spacial score (nSPS) is 19.7. The largest absolute Gasteiger partial charge is 0.411 e. The first-order valence-corrected chi connectivity index (χ1v) is 11.6. The van der Waals surface area contributed by atoms with Crippen molar-refractivity contribution < 1.29 is 17.6 Å². The van der Waals surface area contributed by atoms with Gasteiger partial charge in [0.05, 0.1) is 22.8 Å². The standard InChI is InChI=1S/C17H22N4O4S2/c1-3-12(2)21(14-6-8-27(23,24)11-14)15(22)10-26-17-20-19-16(25-17)13-5-4-7-18-9-13/h4-5,7,9,12,14H,3,6,8,10-11H2,1-2H3/t12-,14+/m0/s1. The average molecular weight is 411 g/mol. The Morgan fingerprint density at radius 3 is 2.89 bits per heavy atom. The zero-order valence-electron chi connectivity index (χ0n) is 15.2. The number of hydrogen-bond donors (Lipinski definition) is 0. The summed E-state index contributed by atoms with van der Waals surface area (Å²) >= 11 is 1.16. The highest BCUT2D eigenvalue weighted by Gasteiger charge is 2.36. The van der Waals surface area contributed by atoms with Gasteiger partial charge < -0.3 is 9.32 Å². The van der Waals surface area contributed by atoms with Gasteiger partial charge in [0.15, 0.2) is 9.84 Å². The van der Waals surface area contributed by atoms with Crippen LogP contribution in [-0.4, -0.2) is 63.7 Å². The molecule has 1 fully saturated rings. The Labute approximate surface area is 162 Å². The van der Waals surface area contributed by atoms with Gasteiger partial charge in [0.1, 0.15) is 0 Å². The molecule has 0 N–H and O–H groups in total. The molecule has 1 saturated heterocycles. The van der Waals surface area contributed by atoms with Gasteiger partial charge in [0, 0.05) is 24.5 Å². The van der Waals surface area contributed by atoms with Crippen LogP contribution in [0.15, 0.2) is 34.2 Å². The molecule has 0 saturated carbocycles. The summed E-state index contributed by atoms with van der Waals surface area (Å²) in [4.78, 5) is 18.5. The topological polar surface area (TPSA) is 106 Å². The maximum absolute atomic E-state index is 12.8. The maximum Gasteiger partial charge on any atom is 0.277 e. The SMILES string of the molecule is CC[C@H](C)N(C(=O)CSc1nnc(-c2cccnc2)o1)[C@@H]1CCS(=O)(=O)C1. The van der Waals surface area contributed by atoms with Crippen LogP contribution in [0.3, 0.4) is 0 Å². The predicted molar refractivity (Wildman–Crippen MR) is 102 cm³/mol. The van der Waals surface area contributed by atoms with Crippen LogP contribution in [0.25, 0.3) is 11.5 Å². The second-order valence-corrected chi connectivity index (χ2v) is 9.67. The fourth-order valence-corrected chi connectivity index (χ4v) is 5.42. The molecule has 2 aromatic rings. The lowest BCUT2D eigenvalue weighted by molar-refractivity contribution is -0.132. The quantitative estimate of drug-likeness (QED) is 0.638. The highest BCUT2D eigenvalue weighted by Crippen LogP contribution is 2.25. The fourth-order valence-electron chi connectivity index (χ4n) is 3.07. The molecule has 0 unspecified atom stereocenters. The van der Waals surface area contributed by atoms with Gasteiger partial charge in [0.25, 0.3) is 5.22 Å². The van der Waals surface area contributed by atoms with Crippen LogP contribution in [0.2, 0.25) is 0 Å². The van der Waals surface area contributed by atoms with Gasteiger partial charge in [-0.05, 0) is 31.9 Å². The molecule has 1 aliphatic rings. The van der Waals surface area contributed by atoms with Crippen molar-refractivity contribution in [3.05, 3.63) is 24.5 Å². The van der Waals surface area contributed by atoms with E-state index in [-0.39, 0.29) is 35.2 Å². The molecule has 0 aromatic carbocycles. The summed E-state index contributed by atoms with van der Waals surface area (Å²) in [5.74, 6) is 0.536. The molecule has 1 aliphatic heterocycles. The smallest absolute Gasteiger partial charge is 0.277 e. The van der Waals surface area contributed by atoms with Gasteiger partial charge >= 0.3 is 0 Å². The number of sulfone groups is 1. The van der Waals surface area contributed by atoms with Gasteiger partial charge in [0.2, 0.25) is 11.8 Å². The van der Waals surface area contributed by atoms with E-state index in [0.29, 0.717) is 23.1 Å². The number of aromatic nitrogens is 3. The Morgan fingerprint density at radius 2 is 2.26 bits per heavy atom. The van der Waals surface area contributed by atoms with E-state index in [4.69, 9.17) is 4.42 Å². The minimum atomic E-state index is -3.06. The summed E-state index contributed by atoms with van der Waals surface area (Å²) in [7, 11) is -3.06. The number of amides is 1. The molecular weight excluding hydrogens is 388 g/mol. The van der Waals surface area contributed by atoms with Gasteiger partial charge in [-0.15, -0.1) is 10.2 Å². The first kappa shape index (κ1) is 19.8. The molecule has 0 spiro atoms. The van der Waals surface area contributed by atoms with Crippen molar-refractivity contribution in [1.82, 2.24) is 20.1 Å². The average Bonchev–Trinajstić information content (AvgIpc) is 3.27. The lowest BCUT2D eigenvalue weighted by atomic mass is 10.1. The van der Waals surface area contributed by atoms with Gasteiger partial charge in [-0.1, -0.05) is 18.7 Å². The van der Waals surface area contributed by atoms with E-state index in [2.05, 4.69) is 15.2 Å². The molecule has 0 aliphatic carbocycles. The van der Waals surface area contributed by atoms with Crippen molar-refractivity contribution in [2.24, 2.45) is 0 Å². The predicted octanol–water partition coefficient (Wildman–Crippen LogP) is 2.04. The van der Waals surface area contributed by atoms with Crippen molar-refractivity contribution in [3.63, 3.8) is 0 Å². The number of carbonyl (C=O) groups excluding carboxylic acids is 1. The molecule has 0 bridgehead atoms. The van der Waals surface area contributed by atoms with Crippen LogP contribution in [0, 0.1) is 0 Å². The summed E-state index contributed by atoms with van der Waals surface area (Å²) in [6, 6.07) is 3.30. The van der Waals surface area contributed by atoms with Crippen LogP contribution in [0.5, 0.6) is 0 Å². The van der Waals surface area contributed by atoms with Crippen molar-refractivity contribution in [2.75, 3.05) is 17.3 Å². The molecular formula is C17H22N4O4S2. The number of hydrogen-bond acceptors (Lipinski definition) is 8. The highest BCUT2D eigenvalue weighted by atomic mass is 32.2. The zero-order valence-corrected chi connectivity index (χ0v) is 16.9. The molecule has 3 heterocycles. The lowest BCUT2D eigenvalue weighted by Gasteiger charge is -2.33. The summed E-state index contributed by atoms with van der Waals surface area (Å²) in [5, 5.41) is 8.23. The summed E-state index contributed by atoms with van der Waals surface area (Å²) < 4.78 is 29.2. The van der Waals surface area contributed by atoms with E-state index in [1.807, 2.05) is 19.9 Å². The Balaban J connectivity index is 1.65.